The van der Waals surface area contributed by atoms with Crippen LogP contribution in [-0.4, -0.2) is 48.2 Å². The van der Waals surface area contributed by atoms with Gasteiger partial charge in [-0.3, -0.25) is 14.7 Å². The molecule has 0 saturated heterocycles. The first-order valence-corrected chi connectivity index (χ1v) is 11.5. The number of nitrogens with zero attached hydrogens (tertiary/aromatic N) is 4. The van der Waals surface area contributed by atoms with Gasteiger partial charge in [0.1, 0.15) is 11.4 Å². The molecule has 0 fully saturated rings. The van der Waals surface area contributed by atoms with Gasteiger partial charge in [0.25, 0.3) is 5.91 Å². The maximum atomic E-state index is 13.0. The molecule has 8 nitrogen and oxygen atoms in total. The molecular weight excluding hydrogens is 442 g/mol. The number of pyridine rings is 2. The van der Waals surface area contributed by atoms with Crippen LogP contribution < -0.4 is 15.1 Å². The molecule has 0 unspecified atom stereocenters. The number of carbonyl (C=O) groups excluding carboxylic acids is 2. The van der Waals surface area contributed by atoms with Gasteiger partial charge in [0.05, 0.1) is 5.56 Å². The number of carbonyl (C=O) groups is 2. The molecule has 1 aromatic carbocycles. The van der Waals surface area contributed by atoms with Gasteiger partial charge in [0, 0.05) is 56.0 Å². The van der Waals surface area contributed by atoms with Crippen molar-refractivity contribution in [1.82, 2.24) is 9.97 Å². The summed E-state index contributed by atoms with van der Waals surface area (Å²) in [6.07, 6.45) is 1.70. The number of benzene rings is 1. The van der Waals surface area contributed by atoms with Gasteiger partial charge in [-0.15, -0.1) is 0 Å². The molecule has 2 heterocycles. The summed E-state index contributed by atoms with van der Waals surface area (Å²) < 4.78 is 5.61. The molecule has 0 aliphatic heterocycles. The van der Waals surface area contributed by atoms with Gasteiger partial charge >= 0.3 is 6.09 Å². The van der Waals surface area contributed by atoms with E-state index in [9.17, 15) is 9.59 Å². The van der Waals surface area contributed by atoms with Gasteiger partial charge in [-0.05, 0) is 64.1 Å². The second-order valence-electron chi connectivity index (χ2n) is 9.43. The number of amides is 2. The lowest BCUT2D eigenvalue weighted by Crippen LogP contribution is -2.38. The van der Waals surface area contributed by atoms with Crippen LogP contribution in [-0.2, 0) is 11.2 Å². The summed E-state index contributed by atoms with van der Waals surface area (Å²) in [5, 5.41) is 2.94. The second-order valence-corrected chi connectivity index (χ2v) is 9.43. The Labute approximate surface area is 207 Å². The van der Waals surface area contributed by atoms with Crippen molar-refractivity contribution in [3.8, 4) is 0 Å². The normalized spacial score (nSPS) is 11.0. The molecule has 0 atom stereocenters. The topological polar surface area (TPSA) is 87.7 Å². The Morgan fingerprint density at radius 1 is 1.03 bits per heavy atom. The van der Waals surface area contributed by atoms with Crippen molar-refractivity contribution in [3.05, 3.63) is 77.7 Å². The maximum absolute atomic E-state index is 13.0. The average Bonchev–Trinajstić information content (AvgIpc) is 2.79. The fraction of sp³-hybridized carbons (Fsp3) is 0.333. The highest BCUT2D eigenvalue weighted by molar-refractivity contribution is 6.07. The third-order valence-electron chi connectivity index (χ3n) is 5.03. The minimum Gasteiger partial charge on any atom is -0.443 e. The number of anilines is 3. The number of aromatic nitrogens is 2. The standard InChI is InChI=1S/C27H33N5O3/c1-19-12-13-23(24(29-19)31(5)6)25(33)30-21-14-16-28-20(18-21)15-17-32(22-10-8-7-9-11-22)26(34)35-27(2,3)4/h7-14,16,18H,15,17H2,1-6H3,(H,28,30,33). The van der Waals surface area contributed by atoms with Crippen molar-refractivity contribution in [2.45, 2.75) is 39.7 Å². The lowest BCUT2D eigenvalue weighted by Gasteiger charge is -2.27. The molecule has 2 amide bonds. The molecule has 1 N–H and O–H groups in total. The molecule has 3 rings (SSSR count). The van der Waals surface area contributed by atoms with E-state index in [-0.39, 0.29) is 5.91 Å². The Kier molecular flexibility index (Phi) is 8.06. The summed E-state index contributed by atoms with van der Waals surface area (Å²) in [7, 11) is 3.71. The highest BCUT2D eigenvalue weighted by atomic mass is 16.6. The highest BCUT2D eigenvalue weighted by Gasteiger charge is 2.23. The lowest BCUT2D eigenvalue weighted by atomic mass is 10.2. The van der Waals surface area contributed by atoms with Crippen molar-refractivity contribution >= 4 is 29.2 Å². The zero-order valence-corrected chi connectivity index (χ0v) is 21.2. The van der Waals surface area contributed by atoms with Crippen LogP contribution in [0.4, 0.5) is 22.0 Å². The number of hydrogen-bond donors (Lipinski definition) is 1. The summed E-state index contributed by atoms with van der Waals surface area (Å²) in [5.41, 5.74) is 2.82. The molecule has 8 heteroatoms. The van der Waals surface area contributed by atoms with E-state index < -0.39 is 11.7 Å². The van der Waals surface area contributed by atoms with Crippen LogP contribution >= 0.6 is 0 Å². The van der Waals surface area contributed by atoms with Crippen molar-refractivity contribution in [2.24, 2.45) is 0 Å². The van der Waals surface area contributed by atoms with E-state index in [1.807, 2.05) is 89.2 Å². The van der Waals surface area contributed by atoms with E-state index >= 15 is 0 Å². The second kappa shape index (κ2) is 11.0. The molecule has 0 bridgehead atoms. The summed E-state index contributed by atoms with van der Waals surface area (Å²) >= 11 is 0. The summed E-state index contributed by atoms with van der Waals surface area (Å²) in [6, 6.07) is 16.5. The minimum atomic E-state index is -0.608. The molecular formula is C27H33N5O3. The van der Waals surface area contributed by atoms with Gasteiger partial charge < -0.3 is 15.0 Å². The first kappa shape index (κ1) is 25.7. The Morgan fingerprint density at radius 3 is 2.40 bits per heavy atom. The molecule has 0 radical (unpaired) electrons. The van der Waals surface area contributed by atoms with E-state index in [1.54, 1.807) is 23.2 Å². The first-order chi connectivity index (χ1) is 16.5. The van der Waals surface area contributed by atoms with Gasteiger partial charge in [-0.25, -0.2) is 9.78 Å². The van der Waals surface area contributed by atoms with Gasteiger partial charge in [-0.1, -0.05) is 18.2 Å². The zero-order chi connectivity index (χ0) is 25.6. The largest absolute Gasteiger partial charge is 0.443 e. The predicted octanol–water partition coefficient (Wildman–Crippen LogP) is 5.09. The van der Waals surface area contributed by atoms with Crippen LogP contribution in [0.3, 0.4) is 0 Å². The Morgan fingerprint density at radius 2 is 1.74 bits per heavy atom. The lowest BCUT2D eigenvalue weighted by molar-refractivity contribution is 0.0580. The van der Waals surface area contributed by atoms with Crippen LogP contribution in [0, 0.1) is 6.92 Å². The molecule has 0 saturated carbocycles. The monoisotopic (exact) mass is 475 g/mol. The number of para-hydroxylation sites is 1. The summed E-state index contributed by atoms with van der Waals surface area (Å²) in [6.45, 7) is 7.78. The minimum absolute atomic E-state index is 0.252. The first-order valence-electron chi connectivity index (χ1n) is 11.5. The van der Waals surface area contributed by atoms with Crippen LogP contribution in [0.15, 0.2) is 60.8 Å². The number of aryl methyl sites for hydroxylation is 1. The number of nitrogens with one attached hydrogen (secondary N) is 1. The van der Waals surface area contributed by atoms with Gasteiger partial charge in [0.2, 0.25) is 0 Å². The molecule has 184 valence electrons. The number of hydrogen-bond acceptors (Lipinski definition) is 6. The van der Waals surface area contributed by atoms with Crippen LogP contribution in [0.2, 0.25) is 0 Å². The predicted molar refractivity (Wildman–Crippen MR) is 139 cm³/mol. The number of ether oxygens (including phenoxy) is 1. The van der Waals surface area contributed by atoms with Crippen molar-refractivity contribution < 1.29 is 14.3 Å². The zero-order valence-electron chi connectivity index (χ0n) is 21.2. The molecule has 0 spiro atoms. The molecule has 0 aliphatic rings. The fourth-order valence-electron chi connectivity index (χ4n) is 3.43. The fourth-order valence-corrected chi connectivity index (χ4v) is 3.43. The van der Waals surface area contributed by atoms with E-state index in [2.05, 4.69) is 15.3 Å². The van der Waals surface area contributed by atoms with Crippen LogP contribution in [0.1, 0.15) is 42.5 Å². The molecule has 35 heavy (non-hydrogen) atoms. The van der Waals surface area contributed by atoms with Crippen molar-refractivity contribution in [2.75, 3.05) is 35.8 Å². The van der Waals surface area contributed by atoms with Crippen molar-refractivity contribution in [3.63, 3.8) is 0 Å². The molecule has 2 aromatic heterocycles. The third kappa shape index (κ3) is 7.27. The Hall–Kier alpha value is -3.94. The van der Waals surface area contributed by atoms with E-state index in [0.717, 1.165) is 17.1 Å². The average molecular weight is 476 g/mol. The summed E-state index contributed by atoms with van der Waals surface area (Å²) in [4.78, 5) is 38.2. The maximum Gasteiger partial charge on any atom is 0.414 e. The molecule has 3 aromatic rings. The van der Waals surface area contributed by atoms with Crippen molar-refractivity contribution in [1.29, 1.82) is 0 Å². The third-order valence-corrected chi connectivity index (χ3v) is 5.03. The summed E-state index contributed by atoms with van der Waals surface area (Å²) in [5.74, 6) is 0.352. The SMILES string of the molecule is Cc1ccc(C(=O)Nc2ccnc(CCN(C(=O)OC(C)(C)C)c3ccccc3)c2)c(N(C)C)n1. The van der Waals surface area contributed by atoms with E-state index in [1.165, 1.54) is 0 Å². The van der Waals surface area contributed by atoms with E-state index in [0.29, 0.717) is 30.0 Å². The Bertz CT molecular complexity index is 1170. The highest BCUT2D eigenvalue weighted by Crippen LogP contribution is 2.21. The van der Waals surface area contributed by atoms with Crippen LogP contribution in [0.25, 0.3) is 0 Å². The van der Waals surface area contributed by atoms with Gasteiger partial charge in [-0.2, -0.15) is 0 Å². The van der Waals surface area contributed by atoms with Gasteiger partial charge in [0.15, 0.2) is 0 Å². The smallest absolute Gasteiger partial charge is 0.414 e. The Balaban J connectivity index is 1.75. The quantitative estimate of drug-likeness (QED) is 0.512. The van der Waals surface area contributed by atoms with Crippen LogP contribution in [0.5, 0.6) is 0 Å². The molecule has 0 aliphatic carbocycles. The number of rotatable bonds is 7. The van der Waals surface area contributed by atoms with E-state index in [4.69, 9.17) is 4.74 Å².